The molecule has 0 saturated heterocycles. The van der Waals surface area contributed by atoms with E-state index in [2.05, 4.69) is 102 Å². The number of hydrogen-bond acceptors (Lipinski definition) is 17. The summed E-state index contributed by atoms with van der Waals surface area (Å²) in [5, 5.41) is 50.8. The first-order valence-electron chi connectivity index (χ1n) is 30.0. The maximum Gasteiger partial charge on any atom is 0.125 e. The van der Waals surface area contributed by atoms with Crippen molar-refractivity contribution < 1.29 is 0 Å². The van der Waals surface area contributed by atoms with Crippen LogP contribution in [0.4, 0.5) is 0 Å². The highest BCUT2D eigenvalue weighted by Crippen LogP contribution is 1.90. The molecule has 0 aromatic carbocycles. The normalized spacial score (nSPS) is 7.42. The lowest BCUT2D eigenvalue weighted by atomic mass is 10.3. The van der Waals surface area contributed by atoms with Crippen LogP contribution in [0.15, 0.2) is 160 Å². The van der Waals surface area contributed by atoms with Gasteiger partial charge in [0.2, 0.25) is 0 Å². The summed E-state index contributed by atoms with van der Waals surface area (Å²) in [6.07, 6.45) is 25.9. The molecule has 0 radical (unpaired) electrons. The minimum absolute atomic E-state index is 0.822. The zero-order valence-corrected chi connectivity index (χ0v) is 59.1. The van der Waals surface area contributed by atoms with Crippen LogP contribution >= 0.6 is 0 Å². The van der Waals surface area contributed by atoms with Gasteiger partial charge in [-0.1, -0.05) is 156 Å². The first-order chi connectivity index (χ1) is 41.9. The fourth-order valence-electron chi connectivity index (χ4n) is 3.48. The molecular formula is C65H119N21. The van der Waals surface area contributed by atoms with Crippen LogP contribution in [0.2, 0.25) is 0 Å². The molecule has 86 heavy (non-hydrogen) atoms. The van der Waals surface area contributed by atoms with Crippen LogP contribution < -0.4 is 0 Å². The Morgan fingerprint density at radius 1 is 0.302 bits per heavy atom. The van der Waals surface area contributed by atoms with Gasteiger partial charge in [-0.15, -0.1) is 5.10 Å². The lowest BCUT2D eigenvalue weighted by Gasteiger charge is -1.82. The van der Waals surface area contributed by atoms with Crippen LogP contribution in [0, 0.1) is 62.3 Å². The number of nitrogens with zero attached hydrogens (tertiary/aromatic N) is 18. The Kier molecular flexibility index (Phi) is 110. The molecule has 10 aromatic heterocycles. The summed E-state index contributed by atoms with van der Waals surface area (Å²) in [7, 11) is 1.83. The molecule has 0 unspecified atom stereocenters. The summed E-state index contributed by atoms with van der Waals surface area (Å²) in [5.41, 5.74) is 8.43. The van der Waals surface area contributed by atoms with E-state index in [0.29, 0.717) is 0 Å². The predicted octanol–water partition coefficient (Wildman–Crippen LogP) is 16.9. The quantitative estimate of drug-likeness (QED) is 0.127. The monoisotopic (exact) mass is 1190 g/mol. The Morgan fingerprint density at radius 2 is 0.733 bits per heavy atom. The number of nitrogens with one attached hydrogen (secondary N) is 3. The average molecular weight is 1190 g/mol. The molecule has 0 aliphatic carbocycles. The van der Waals surface area contributed by atoms with Crippen molar-refractivity contribution in [2.45, 2.75) is 201 Å². The molecule has 3 N–H and O–H groups in total. The fourth-order valence-corrected chi connectivity index (χ4v) is 3.48. The molecular weight excluding hydrogens is 1070 g/mol. The largest absolute Gasteiger partial charge is 0.265 e. The van der Waals surface area contributed by atoms with Gasteiger partial charge in [-0.3, -0.25) is 19.6 Å². The van der Waals surface area contributed by atoms with Gasteiger partial charge in [-0.25, -0.2) is 9.97 Å². The summed E-state index contributed by atoms with van der Waals surface area (Å²) in [5.74, 6) is 0.822. The number of H-pyrrole nitrogens is 3. The molecule has 0 bridgehead atoms. The third kappa shape index (κ3) is 91.7. The average Bonchev–Trinajstić information content (AvgIpc) is 4.48. The number of rotatable bonds is 0. The van der Waals surface area contributed by atoms with Crippen LogP contribution in [-0.4, -0.2) is 107 Å². The molecule has 10 rings (SSSR count). The van der Waals surface area contributed by atoms with Gasteiger partial charge < -0.3 is 0 Å². The summed E-state index contributed by atoms with van der Waals surface area (Å²) < 4.78 is 1.64. The molecule has 0 atom stereocenters. The maximum absolute atomic E-state index is 3.98. The first kappa shape index (κ1) is 99.3. The Hall–Kier alpha value is -8.75. The van der Waals surface area contributed by atoms with E-state index in [-0.39, 0.29) is 0 Å². The molecule has 21 nitrogen and oxygen atoms in total. The highest BCUT2D eigenvalue weighted by Gasteiger charge is 1.80. The summed E-state index contributed by atoms with van der Waals surface area (Å²) in [6, 6.07) is 21.2. The molecule has 0 amide bonds. The number of aromatic amines is 3. The Bertz CT molecular complexity index is 2020. The smallest absolute Gasteiger partial charge is 0.125 e. The van der Waals surface area contributed by atoms with E-state index >= 15 is 0 Å². The minimum Gasteiger partial charge on any atom is -0.265 e. The molecule has 10 heterocycles. The van der Waals surface area contributed by atoms with Gasteiger partial charge in [0.05, 0.1) is 53.8 Å². The minimum atomic E-state index is 0.822. The highest BCUT2D eigenvalue weighted by molar-refractivity contribution is 5.06. The zero-order valence-electron chi connectivity index (χ0n) is 59.1. The Morgan fingerprint density at radius 3 is 0.895 bits per heavy atom. The van der Waals surface area contributed by atoms with Crippen LogP contribution in [0.25, 0.3) is 0 Å². The molecule has 0 aliphatic heterocycles. The van der Waals surface area contributed by atoms with Gasteiger partial charge in [0, 0.05) is 74.7 Å². The van der Waals surface area contributed by atoms with Crippen molar-refractivity contribution in [2.24, 2.45) is 7.05 Å². The van der Waals surface area contributed by atoms with Crippen molar-refractivity contribution in [1.82, 2.24) is 107 Å². The molecule has 21 heteroatoms. The van der Waals surface area contributed by atoms with Gasteiger partial charge in [0.1, 0.15) is 5.82 Å². The molecule has 10 aromatic rings. The maximum atomic E-state index is 3.98. The third-order valence-electron chi connectivity index (χ3n) is 6.75. The van der Waals surface area contributed by atoms with Gasteiger partial charge in [0.15, 0.2) is 0 Å². The van der Waals surface area contributed by atoms with Crippen LogP contribution in [0.5, 0.6) is 0 Å². The molecule has 0 fully saturated rings. The van der Waals surface area contributed by atoms with Gasteiger partial charge in [-0.2, -0.15) is 66.6 Å². The molecule has 484 valence electrons. The lowest BCUT2D eigenvalue weighted by Crippen LogP contribution is -1.85. The van der Waals surface area contributed by atoms with Crippen molar-refractivity contribution in [3.63, 3.8) is 0 Å². The lowest BCUT2D eigenvalue weighted by molar-refractivity contribution is 0.715. The van der Waals surface area contributed by atoms with Gasteiger partial charge in [-0.05, 0) is 134 Å². The summed E-state index contributed by atoms with van der Waals surface area (Å²) >= 11 is 0. The standard InChI is InChI=1S/3C6H7N.3C5H6N2.4C3H5N3.10C2H6/c1-6-2-4-7-5-3-6;1-6-3-2-4-7-5-6;1-6-4-2-3-5-7-6;1-5-2-3-6-7-4-5;1-5-6-3-2-4-7-5;1-5-3-2-4-6-7-5;1-6-3-2-4-5-6;3*1-3-2-4-6-5-3;10*1-2/h3*2-5H,1H3;3*2-4H,1H3;2-3H,1H3;3*2H,1H3,(H,4,5,6);10*1-2H3. The van der Waals surface area contributed by atoms with Crippen LogP contribution in [-0.2, 0) is 7.05 Å². The van der Waals surface area contributed by atoms with E-state index in [0.717, 1.165) is 39.9 Å². The van der Waals surface area contributed by atoms with E-state index < -0.39 is 0 Å². The van der Waals surface area contributed by atoms with E-state index in [1.165, 1.54) is 11.1 Å². The Balaban J connectivity index is -0.0000000903. The second-order valence-corrected chi connectivity index (χ2v) is 13.0. The predicted molar refractivity (Wildman–Crippen MR) is 365 cm³/mol. The number of aromatic nitrogens is 21. The highest BCUT2D eigenvalue weighted by atomic mass is 15.4. The topological polar surface area (TPSA) is 271 Å². The van der Waals surface area contributed by atoms with E-state index in [1.807, 2.05) is 275 Å². The number of pyridine rings is 3. The SMILES string of the molecule is CC.CC.CC.CC.CC.CC.CC.CC.CC.CC.Cc1ccccn1.Cc1cccnc1.Cc1cccnn1.Cc1ccncc1.Cc1ccnnc1.Cc1cn[nH]n1.Cc1cn[nH]n1.Cc1cn[nH]n1.Cc1ncccn1.Cn1ccnn1. The van der Waals surface area contributed by atoms with Gasteiger partial charge >= 0.3 is 0 Å². The second kappa shape index (κ2) is 95.5. The fraction of sp³-hybridized carbons (Fsp3) is 0.462. The summed E-state index contributed by atoms with van der Waals surface area (Å²) in [4.78, 5) is 19.4. The third-order valence-corrected chi connectivity index (χ3v) is 6.75. The number of aryl methyl sites for hydroxylation is 10. The molecule has 0 spiro atoms. The molecule has 0 aliphatic rings. The number of hydrogen-bond donors (Lipinski definition) is 3. The van der Waals surface area contributed by atoms with Crippen molar-refractivity contribution >= 4 is 0 Å². The van der Waals surface area contributed by atoms with Gasteiger partial charge in [0.25, 0.3) is 0 Å². The second-order valence-electron chi connectivity index (χ2n) is 13.0. The van der Waals surface area contributed by atoms with Crippen molar-refractivity contribution in [1.29, 1.82) is 0 Å². The van der Waals surface area contributed by atoms with Crippen LogP contribution in [0.1, 0.15) is 189 Å². The summed E-state index contributed by atoms with van der Waals surface area (Å²) in [6.45, 7) is 57.4. The van der Waals surface area contributed by atoms with E-state index in [9.17, 15) is 0 Å². The van der Waals surface area contributed by atoms with Crippen molar-refractivity contribution in [2.75, 3.05) is 0 Å². The Labute approximate surface area is 522 Å². The van der Waals surface area contributed by atoms with E-state index in [4.69, 9.17) is 0 Å². The van der Waals surface area contributed by atoms with Crippen molar-refractivity contribution in [3.8, 4) is 0 Å². The molecule has 0 saturated carbocycles. The van der Waals surface area contributed by atoms with E-state index in [1.54, 1.807) is 97.5 Å². The zero-order chi connectivity index (χ0) is 68.3. The van der Waals surface area contributed by atoms with Crippen molar-refractivity contribution in [3.05, 3.63) is 211 Å². The van der Waals surface area contributed by atoms with Crippen LogP contribution in [0.3, 0.4) is 0 Å². The first-order valence-corrected chi connectivity index (χ1v) is 30.0.